The number of esters is 1. The second-order valence-corrected chi connectivity index (χ2v) is 22.6. The Bertz CT molecular complexity index is 1950. The average Bonchev–Trinajstić information content (AvgIpc) is 3.72. The molecule has 26 atom stereocenters. The maximum Gasteiger partial charge on any atom is 0.314 e. The van der Waals surface area contributed by atoms with Gasteiger partial charge in [0.15, 0.2) is 12.6 Å². The molecule has 26 unspecified atom stereocenters. The van der Waals surface area contributed by atoms with Crippen molar-refractivity contribution < 1.29 is 104 Å². The van der Waals surface area contributed by atoms with Crippen LogP contribution in [0.15, 0.2) is 12.2 Å². The number of carboxylic acid groups (broad SMARTS) is 2. The van der Waals surface area contributed by atoms with Crippen LogP contribution in [0.5, 0.6) is 0 Å². The molecule has 69 heavy (non-hydrogen) atoms. The number of carboxylic acids is 2. The first-order chi connectivity index (χ1) is 32.3. The van der Waals surface area contributed by atoms with Gasteiger partial charge in [-0.25, -0.2) is 0 Å². The fraction of sp³-hybridized carbons (Fsp3) is 0.896. The number of aliphatic hydroxyl groups excluding tert-OH is 10. The molecule has 0 radical (unpaired) electrons. The molecule has 8 aliphatic rings. The third-order valence-corrected chi connectivity index (χ3v) is 19.6. The quantitative estimate of drug-likeness (QED) is 0.0886. The summed E-state index contributed by atoms with van der Waals surface area (Å²) in [6.07, 6.45) is -23.3. The van der Waals surface area contributed by atoms with Crippen molar-refractivity contribution in [3.63, 3.8) is 0 Å². The number of allylic oxidation sites excluding steroid dienone is 1. The van der Waals surface area contributed by atoms with Crippen LogP contribution in [0.2, 0.25) is 0 Å². The number of carbonyl (C=O) groups excluding carboxylic acids is 1. The molecule has 12 N–H and O–H groups in total. The van der Waals surface area contributed by atoms with Gasteiger partial charge in [0, 0.05) is 0 Å². The highest BCUT2D eigenvalue weighted by Gasteiger charge is 2.77. The van der Waals surface area contributed by atoms with Crippen LogP contribution in [0, 0.1) is 56.7 Å². The van der Waals surface area contributed by atoms with Gasteiger partial charge in [0.05, 0.1) is 41.7 Å². The fourth-order valence-corrected chi connectivity index (χ4v) is 15.8. The predicted octanol–water partition coefficient (Wildman–Crippen LogP) is -0.847. The van der Waals surface area contributed by atoms with E-state index in [1.807, 2.05) is 13.8 Å². The van der Waals surface area contributed by atoms with Crippen LogP contribution < -0.4 is 0 Å². The molecule has 0 aromatic carbocycles. The van der Waals surface area contributed by atoms with Gasteiger partial charge in [0.25, 0.3) is 0 Å². The van der Waals surface area contributed by atoms with E-state index in [4.69, 9.17) is 28.4 Å². The van der Waals surface area contributed by atoms with Crippen LogP contribution in [0.1, 0.15) is 98.8 Å². The average molecular weight is 987 g/mol. The molecule has 8 rings (SSSR count). The first kappa shape index (κ1) is 52.9. The fourth-order valence-electron chi connectivity index (χ4n) is 15.8. The van der Waals surface area contributed by atoms with Gasteiger partial charge < -0.3 is 89.7 Å². The number of hydrogen-bond donors (Lipinski definition) is 12. The predicted molar refractivity (Wildman–Crippen MR) is 233 cm³/mol. The summed E-state index contributed by atoms with van der Waals surface area (Å²) < 4.78 is 35.1. The van der Waals surface area contributed by atoms with E-state index in [-0.39, 0.29) is 37.5 Å². The molecule has 392 valence electrons. The highest BCUT2D eigenvalue weighted by Crippen LogP contribution is 2.78. The Morgan fingerprint density at radius 2 is 1.29 bits per heavy atom. The van der Waals surface area contributed by atoms with Crippen LogP contribution >= 0.6 is 0 Å². The summed E-state index contributed by atoms with van der Waals surface area (Å²) >= 11 is 0. The molecule has 0 aromatic heterocycles. The van der Waals surface area contributed by atoms with Crippen molar-refractivity contribution in [2.75, 3.05) is 13.2 Å². The van der Waals surface area contributed by atoms with E-state index in [1.165, 1.54) is 6.92 Å². The number of carbonyl (C=O) groups is 3. The Balaban J connectivity index is 1.09. The summed E-state index contributed by atoms with van der Waals surface area (Å²) in [6.45, 7) is 11.8. The molecule has 0 bridgehead atoms. The van der Waals surface area contributed by atoms with Gasteiger partial charge in [-0.2, -0.15) is 0 Å². The lowest BCUT2D eigenvalue weighted by molar-refractivity contribution is -0.362. The molecule has 3 aliphatic heterocycles. The standard InChI is InChI=1S/C48H74O21/c1-19(2)21-9-14-47(15-16-48(42(61)62)22(28(21)47)7-8-25-44(4)12-11-27(50)46(6,41(59)60)26(44)10-13-45(25,48)5)43(63)69-40-36(58)33(55)37(68-39-35(57)31(53)29(51)20(3)65-39)24(67-40)18-64-38-34(56)32(54)30(52)23(17-49)66-38/h20-40,49-58H,1,7-18H2,2-6H3,(H,59,60)(H,61,62). The second kappa shape index (κ2) is 18.8. The largest absolute Gasteiger partial charge is 0.481 e. The summed E-state index contributed by atoms with van der Waals surface area (Å²) in [5.41, 5.74) is -4.78. The Morgan fingerprint density at radius 1 is 0.652 bits per heavy atom. The van der Waals surface area contributed by atoms with E-state index in [2.05, 4.69) is 13.5 Å². The zero-order chi connectivity index (χ0) is 50.7. The first-order valence-electron chi connectivity index (χ1n) is 24.6. The molecule has 8 fully saturated rings. The maximum atomic E-state index is 15.2. The van der Waals surface area contributed by atoms with Gasteiger partial charge in [0.2, 0.25) is 6.29 Å². The topological polar surface area (TPSA) is 349 Å². The molecule has 0 amide bonds. The SMILES string of the molecule is C=C(C)C1CCC2(C(=O)OC3OC(COC4OC(CO)C(O)C(O)C4O)C(OC4OC(C)C(O)C(O)C4O)C(O)C3O)CCC3(C(=O)O)C(CCC4C5(C)CCC(O)C(C)(C(=O)O)C5CCC43C)C12. The first-order valence-corrected chi connectivity index (χ1v) is 24.6. The minimum absolute atomic E-state index is 0.0705. The second-order valence-electron chi connectivity index (χ2n) is 22.6. The molecule has 3 saturated heterocycles. The van der Waals surface area contributed by atoms with Crippen LogP contribution in [-0.2, 0) is 42.8 Å². The summed E-state index contributed by atoms with van der Waals surface area (Å²) in [5, 5.41) is 130. The number of aliphatic hydroxyl groups is 10. The highest BCUT2D eigenvalue weighted by atomic mass is 16.8. The minimum Gasteiger partial charge on any atom is -0.481 e. The number of ether oxygens (including phenoxy) is 6. The van der Waals surface area contributed by atoms with E-state index < -0.39 is 174 Å². The number of aliphatic carboxylic acids is 2. The minimum atomic E-state index is -2.04. The van der Waals surface area contributed by atoms with Crippen molar-refractivity contribution in [3.05, 3.63) is 12.2 Å². The molecule has 0 aromatic rings. The lowest BCUT2D eigenvalue weighted by atomic mass is 9.31. The molecule has 21 heteroatoms. The third-order valence-electron chi connectivity index (χ3n) is 19.6. The van der Waals surface area contributed by atoms with Gasteiger partial charge in [-0.3, -0.25) is 14.4 Å². The normalized spacial score (nSPS) is 54.0. The van der Waals surface area contributed by atoms with E-state index in [9.17, 15) is 70.9 Å². The molecule has 0 spiro atoms. The zero-order valence-electron chi connectivity index (χ0n) is 39.9. The number of fused-ring (bicyclic) bond motifs is 7. The van der Waals surface area contributed by atoms with Crippen molar-refractivity contribution in [3.8, 4) is 0 Å². The van der Waals surface area contributed by atoms with Crippen molar-refractivity contribution in [1.82, 2.24) is 0 Å². The smallest absolute Gasteiger partial charge is 0.314 e. The van der Waals surface area contributed by atoms with Gasteiger partial charge in [-0.05, 0) is 125 Å². The van der Waals surface area contributed by atoms with E-state index in [0.29, 0.717) is 38.5 Å². The van der Waals surface area contributed by atoms with Crippen LogP contribution in [0.25, 0.3) is 0 Å². The van der Waals surface area contributed by atoms with Crippen molar-refractivity contribution in [1.29, 1.82) is 0 Å². The van der Waals surface area contributed by atoms with Crippen molar-refractivity contribution >= 4 is 17.9 Å². The van der Waals surface area contributed by atoms with Crippen LogP contribution in [0.4, 0.5) is 0 Å². The lowest BCUT2D eigenvalue weighted by Crippen LogP contribution is -2.70. The maximum absolute atomic E-state index is 15.2. The van der Waals surface area contributed by atoms with Gasteiger partial charge in [-0.15, -0.1) is 0 Å². The zero-order valence-corrected chi connectivity index (χ0v) is 39.9. The van der Waals surface area contributed by atoms with Gasteiger partial charge in [0.1, 0.15) is 67.1 Å². The monoisotopic (exact) mass is 986 g/mol. The third kappa shape index (κ3) is 7.86. The summed E-state index contributed by atoms with van der Waals surface area (Å²) in [5.74, 6) is -4.98. The van der Waals surface area contributed by atoms with Gasteiger partial charge >= 0.3 is 17.9 Å². The summed E-state index contributed by atoms with van der Waals surface area (Å²) in [6, 6.07) is 0. The van der Waals surface area contributed by atoms with E-state index >= 15 is 4.79 Å². The number of hydrogen-bond acceptors (Lipinski definition) is 19. The summed E-state index contributed by atoms with van der Waals surface area (Å²) in [4.78, 5) is 42.4. The van der Waals surface area contributed by atoms with Crippen molar-refractivity contribution in [2.24, 2.45) is 56.7 Å². The Kier molecular flexibility index (Phi) is 14.4. The van der Waals surface area contributed by atoms with Gasteiger partial charge in [-0.1, -0.05) is 26.0 Å². The molecule has 21 nitrogen and oxygen atoms in total. The molecule has 3 heterocycles. The lowest BCUT2D eigenvalue weighted by Gasteiger charge is -2.71. The number of rotatable bonds is 11. The Labute approximate surface area is 400 Å². The van der Waals surface area contributed by atoms with Crippen molar-refractivity contribution in [2.45, 2.75) is 197 Å². The van der Waals surface area contributed by atoms with E-state index in [1.54, 1.807) is 6.92 Å². The molecule has 5 aliphatic carbocycles. The highest BCUT2D eigenvalue weighted by molar-refractivity contribution is 5.82. The summed E-state index contributed by atoms with van der Waals surface area (Å²) in [7, 11) is 0. The van der Waals surface area contributed by atoms with Crippen LogP contribution in [0.3, 0.4) is 0 Å². The molecular weight excluding hydrogens is 913 g/mol. The van der Waals surface area contributed by atoms with Crippen LogP contribution in [-0.4, -0.2) is 191 Å². The Hall–Kier alpha value is -2.45. The van der Waals surface area contributed by atoms with E-state index in [0.717, 1.165) is 5.57 Å². The Morgan fingerprint density at radius 3 is 1.93 bits per heavy atom. The molecular formula is C48H74O21. The molecule has 5 saturated carbocycles.